The lowest BCUT2D eigenvalue weighted by molar-refractivity contribution is -0.384. The number of nitro groups is 1. The van der Waals surface area contributed by atoms with Gasteiger partial charge in [-0.05, 0) is 57.3 Å². The highest BCUT2D eigenvalue weighted by molar-refractivity contribution is 6.04. The fourth-order valence-corrected chi connectivity index (χ4v) is 6.54. The van der Waals surface area contributed by atoms with Crippen molar-refractivity contribution in [2.45, 2.75) is 45.1 Å². The van der Waals surface area contributed by atoms with Gasteiger partial charge in [-0.15, -0.1) is 0 Å². The average molecular weight is 617 g/mol. The molecule has 2 aliphatic heterocycles. The van der Waals surface area contributed by atoms with Crippen LogP contribution in [-0.2, 0) is 13.0 Å². The van der Waals surface area contributed by atoms with E-state index in [9.17, 15) is 10.1 Å². The number of aromatic nitrogens is 1. The number of likely N-dealkylation sites (N-methyl/N-ethyl adjacent to an activating group) is 2. The third kappa shape index (κ3) is 7.36. The van der Waals surface area contributed by atoms with Gasteiger partial charge >= 0.3 is 0 Å². The van der Waals surface area contributed by atoms with E-state index in [2.05, 4.69) is 55.6 Å². The van der Waals surface area contributed by atoms with Crippen molar-refractivity contribution in [3.8, 4) is 5.75 Å². The van der Waals surface area contributed by atoms with Gasteiger partial charge in [0.05, 0.1) is 23.4 Å². The van der Waals surface area contributed by atoms with Crippen molar-refractivity contribution in [1.29, 1.82) is 0 Å². The van der Waals surface area contributed by atoms with Gasteiger partial charge in [0, 0.05) is 94.7 Å². The maximum absolute atomic E-state index is 12.2. The molecule has 45 heavy (non-hydrogen) atoms. The molecule has 0 amide bonds. The summed E-state index contributed by atoms with van der Waals surface area (Å²) >= 11 is 0. The van der Waals surface area contributed by atoms with Crippen molar-refractivity contribution in [2.75, 3.05) is 78.4 Å². The Labute approximate surface area is 267 Å². The molecule has 242 valence electrons. The number of aryl methyl sites for hydroxylation is 1. The topological polar surface area (TPSA) is 103 Å². The van der Waals surface area contributed by atoms with E-state index < -0.39 is 0 Å². The summed E-state index contributed by atoms with van der Waals surface area (Å²) in [5, 5.41) is 18.8. The number of allylic oxidation sites excluding steroid dienone is 5. The van der Waals surface area contributed by atoms with Crippen LogP contribution in [-0.4, -0.2) is 93.2 Å². The van der Waals surface area contributed by atoms with Gasteiger partial charge in [0.15, 0.2) is 0 Å². The average Bonchev–Trinajstić information content (AvgIpc) is 3.64. The molecular weight excluding hydrogens is 568 g/mol. The van der Waals surface area contributed by atoms with Crippen LogP contribution < -0.4 is 20.3 Å². The Kier molecular flexibility index (Phi) is 10.5. The number of ether oxygens (including phenoxy) is 1. The van der Waals surface area contributed by atoms with Gasteiger partial charge < -0.3 is 34.6 Å². The number of nitrogens with zero attached hydrogens (tertiary/aromatic N) is 6. The number of rotatable bonds is 14. The first-order valence-electron chi connectivity index (χ1n) is 16.0. The number of benzene rings is 1. The number of aliphatic imine (C=N–C) groups is 1. The Morgan fingerprint density at radius 3 is 2.67 bits per heavy atom. The standard InChI is InChI=1S/C34H48N8O3/c1-35-22-26(40-14-8-9-15-40)19-29(28-23-41-16-10-12-25-11-6-7-13-27(28)34(25)41)36-24-37-30-20-32(42(43)44)31(21-33(30)45-5)39(4)18-17-38(2)3/h6-7,11,20-23,35,37H,8-10,12-19,24H2,1-5H3/b26-22+,36-29+. The zero-order valence-corrected chi connectivity index (χ0v) is 27.4. The summed E-state index contributed by atoms with van der Waals surface area (Å²) in [7, 11) is 9.38. The van der Waals surface area contributed by atoms with Gasteiger partial charge in [-0.2, -0.15) is 0 Å². The Bertz CT molecular complexity index is 1500. The van der Waals surface area contributed by atoms with Crippen LogP contribution in [0.3, 0.4) is 0 Å². The fraction of sp³-hybridized carbons (Fsp3) is 0.500. The van der Waals surface area contributed by atoms with Gasteiger partial charge in [-0.1, -0.05) is 18.2 Å². The number of hydrogen-bond acceptors (Lipinski definition) is 9. The van der Waals surface area contributed by atoms with Crippen LogP contribution in [0.25, 0.3) is 5.57 Å². The van der Waals surface area contributed by atoms with E-state index in [1.807, 2.05) is 33.1 Å². The molecule has 0 radical (unpaired) electrons. The van der Waals surface area contributed by atoms with E-state index in [1.54, 1.807) is 19.2 Å². The Balaban J connectivity index is 1.49. The van der Waals surface area contributed by atoms with Gasteiger partial charge in [0.2, 0.25) is 0 Å². The van der Waals surface area contributed by atoms with Gasteiger partial charge in [-0.3, -0.25) is 15.1 Å². The maximum atomic E-state index is 12.2. The zero-order valence-electron chi connectivity index (χ0n) is 27.4. The molecule has 0 atom stereocenters. The molecule has 2 N–H and O–H groups in total. The molecule has 1 aromatic heterocycles. The number of anilines is 2. The lowest BCUT2D eigenvalue weighted by atomic mass is 9.95. The van der Waals surface area contributed by atoms with Crippen LogP contribution in [0, 0.1) is 10.1 Å². The molecular formula is C34H48N8O3. The fourth-order valence-electron chi connectivity index (χ4n) is 6.54. The largest absolute Gasteiger partial charge is 0.495 e. The molecule has 1 aliphatic carbocycles. The monoisotopic (exact) mass is 616 g/mol. The Morgan fingerprint density at radius 1 is 1.16 bits per heavy atom. The first-order chi connectivity index (χ1) is 21.8. The predicted molar refractivity (Wildman–Crippen MR) is 184 cm³/mol. The summed E-state index contributed by atoms with van der Waals surface area (Å²) < 4.78 is 8.12. The van der Waals surface area contributed by atoms with E-state index >= 15 is 0 Å². The summed E-state index contributed by atoms with van der Waals surface area (Å²) in [6.45, 7) is 4.77. The van der Waals surface area contributed by atoms with Crippen molar-refractivity contribution in [1.82, 2.24) is 19.7 Å². The second-order valence-corrected chi connectivity index (χ2v) is 12.2. The molecule has 5 rings (SSSR count). The first kappa shape index (κ1) is 32.2. The van der Waals surface area contributed by atoms with Crippen molar-refractivity contribution >= 4 is 28.3 Å². The van der Waals surface area contributed by atoms with E-state index in [4.69, 9.17) is 9.73 Å². The smallest absolute Gasteiger partial charge is 0.294 e. The Hall–Kier alpha value is -4.25. The van der Waals surface area contributed by atoms with Gasteiger partial charge in [0.1, 0.15) is 18.1 Å². The van der Waals surface area contributed by atoms with E-state index in [0.29, 0.717) is 30.1 Å². The van der Waals surface area contributed by atoms with Crippen LogP contribution in [0.4, 0.5) is 17.1 Å². The van der Waals surface area contributed by atoms with E-state index in [1.165, 1.54) is 40.9 Å². The van der Waals surface area contributed by atoms with Crippen molar-refractivity contribution in [3.63, 3.8) is 0 Å². The summed E-state index contributed by atoms with van der Waals surface area (Å²) in [6.07, 6.45) is 17.2. The molecule has 11 heteroatoms. The molecule has 1 saturated heterocycles. The molecule has 0 bridgehead atoms. The number of likely N-dealkylation sites (tertiary alicyclic amines) is 1. The maximum Gasteiger partial charge on any atom is 0.294 e. The SMILES string of the molecule is CN/C=C(\C/C(=N\CNc1cc([N+](=O)[O-])c(N(C)CCN(C)C)cc1OC)c1cn2c3c1CC=CC=C3CCC2)N1CCCC1. The first-order valence-corrected chi connectivity index (χ1v) is 16.0. The lowest BCUT2D eigenvalue weighted by Crippen LogP contribution is -2.29. The number of methoxy groups -OCH3 is 1. The molecule has 3 heterocycles. The molecule has 0 saturated carbocycles. The number of hydrogen-bond donors (Lipinski definition) is 2. The minimum absolute atomic E-state index is 0.0314. The molecule has 11 nitrogen and oxygen atoms in total. The molecule has 2 aromatic rings. The summed E-state index contributed by atoms with van der Waals surface area (Å²) in [6, 6.07) is 3.32. The summed E-state index contributed by atoms with van der Waals surface area (Å²) in [4.78, 5) is 23.4. The van der Waals surface area contributed by atoms with Gasteiger partial charge in [-0.25, -0.2) is 0 Å². The molecule has 1 aromatic carbocycles. The highest BCUT2D eigenvalue weighted by atomic mass is 16.6. The van der Waals surface area contributed by atoms with Crippen LogP contribution in [0.1, 0.15) is 48.9 Å². The van der Waals surface area contributed by atoms with Crippen molar-refractivity contribution < 1.29 is 9.66 Å². The third-order valence-corrected chi connectivity index (χ3v) is 8.90. The number of nitrogens with one attached hydrogen (secondary N) is 2. The summed E-state index contributed by atoms with van der Waals surface area (Å²) in [5.41, 5.74) is 8.58. The van der Waals surface area contributed by atoms with Gasteiger partial charge in [0.25, 0.3) is 5.69 Å². The van der Waals surface area contributed by atoms with Crippen LogP contribution in [0.2, 0.25) is 0 Å². The molecule has 3 aliphatic rings. The lowest BCUT2D eigenvalue weighted by Gasteiger charge is -2.23. The Morgan fingerprint density at radius 2 is 1.96 bits per heavy atom. The molecule has 0 unspecified atom stereocenters. The highest BCUT2D eigenvalue weighted by Gasteiger charge is 2.27. The molecule has 1 fully saturated rings. The van der Waals surface area contributed by atoms with Crippen LogP contribution in [0.15, 0.2) is 53.4 Å². The van der Waals surface area contributed by atoms with E-state index in [0.717, 1.165) is 51.2 Å². The quantitative estimate of drug-likeness (QED) is 0.172. The minimum Gasteiger partial charge on any atom is -0.495 e. The third-order valence-electron chi connectivity index (χ3n) is 8.90. The second kappa shape index (κ2) is 14.7. The normalized spacial score (nSPS) is 16.4. The minimum atomic E-state index is -0.330. The zero-order chi connectivity index (χ0) is 31.9. The summed E-state index contributed by atoms with van der Waals surface area (Å²) in [5.74, 6) is 0.544. The molecule has 0 spiro atoms. The van der Waals surface area contributed by atoms with Crippen molar-refractivity contribution in [2.24, 2.45) is 4.99 Å². The predicted octanol–water partition coefficient (Wildman–Crippen LogP) is 5.10. The van der Waals surface area contributed by atoms with E-state index in [-0.39, 0.29) is 17.3 Å². The van der Waals surface area contributed by atoms with Crippen LogP contribution in [0.5, 0.6) is 5.75 Å². The van der Waals surface area contributed by atoms with Crippen LogP contribution >= 0.6 is 0 Å². The highest BCUT2D eigenvalue weighted by Crippen LogP contribution is 2.39. The van der Waals surface area contributed by atoms with Crippen molar-refractivity contribution in [3.05, 3.63) is 75.4 Å². The number of nitro benzene ring substituents is 1. The second-order valence-electron chi connectivity index (χ2n) is 12.2.